The molecule has 0 N–H and O–H groups in total. The van der Waals surface area contributed by atoms with Gasteiger partial charge in [0, 0.05) is 24.3 Å². The summed E-state index contributed by atoms with van der Waals surface area (Å²) in [6.45, 7) is 0.802. The summed E-state index contributed by atoms with van der Waals surface area (Å²) < 4.78 is 24.4. The van der Waals surface area contributed by atoms with Gasteiger partial charge in [-0.05, 0) is 24.3 Å². The Kier molecular flexibility index (Phi) is 2.66. The second kappa shape index (κ2) is 3.96. The van der Waals surface area contributed by atoms with Gasteiger partial charge in [0.1, 0.15) is 6.29 Å². The molecule has 1 aromatic rings. The summed E-state index contributed by atoms with van der Waals surface area (Å²) in [5.74, 6) is -0.504. The molecule has 0 amide bonds. The van der Waals surface area contributed by atoms with Gasteiger partial charge in [-0.1, -0.05) is 0 Å². The van der Waals surface area contributed by atoms with Crippen molar-refractivity contribution in [3.8, 4) is 0 Å². The third kappa shape index (κ3) is 1.98. The first-order valence-electron chi connectivity index (χ1n) is 4.79. The monoisotopic (exact) mass is 211 g/mol. The van der Waals surface area contributed by atoms with Crippen LogP contribution in [-0.4, -0.2) is 25.8 Å². The first kappa shape index (κ1) is 10.1. The molecule has 1 fully saturated rings. The van der Waals surface area contributed by atoms with Gasteiger partial charge < -0.3 is 4.90 Å². The molecule has 1 aliphatic heterocycles. The van der Waals surface area contributed by atoms with Gasteiger partial charge in [-0.2, -0.15) is 0 Å². The highest BCUT2D eigenvalue weighted by Gasteiger charge is 2.33. The molecule has 2 rings (SSSR count). The maximum absolute atomic E-state index is 12.2. The van der Waals surface area contributed by atoms with E-state index in [1.165, 1.54) is 0 Å². The minimum absolute atomic E-state index is 0.401. The van der Waals surface area contributed by atoms with Crippen LogP contribution in [0.2, 0.25) is 0 Å². The predicted molar refractivity (Wildman–Crippen MR) is 53.5 cm³/mol. The van der Waals surface area contributed by atoms with Gasteiger partial charge in [0.05, 0.1) is 5.92 Å². The largest absolute Gasteiger partial charge is 0.370 e. The van der Waals surface area contributed by atoms with Crippen molar-refractivity contribution >= 4 is 12.0 Å². The highest BCUT2D eigenvalue weighted by molar-refractivity contribution is 5.75. The number of hydrogen-bond acceptors (Lipinski definition) is 2. The molecule has 1 aromatic carbocycles. The lowest BCUT2D eigenvalue weighted by Crippen LogP contribution is -2.50. The molecule has 15 heavy (non-hydrogen) atoms. The van der Waals surface area contributed by atoms with E-state index in [4.69, 9.17) is 0 Å². The average molecular weight is 211 g/mol. The Morgan fingerprint density at radius 2 is 1.87 bits per heavy atom. The molecule has 0 spiro atoms. The smallest absolute Gasteiger partial charge is 0.244 e. The van der Waals surface area contributed by atoms with E-state index in [2.05, 4.69) is 0 Å². The Hall–Kier alpha value is -1.45. The van der Waals surface area contributed by atoms with Gasteiger partial charge in [-0.15, -0.1) is 0 Å². The molecule has 1 heterocycles. The van der Waals surface area contributed by atoms with Gasteiger partial charge in [-0.3, -0.25) is 4.79 Å². The number of anilines is 1. The summed E-state index contributed by atoms with van der Waals surface area (Å²) in [7, 11) is 0. The Labute approximate surface area is 86.5 Å². The predicted octanol–water partition coefficient (Wildman–Crippen LogP) is 2.20. The lowest BCUT2D eigenvalue weighted by atomic mass is 10.00. The second-order valence-electron chi connectivity index (χ2n) is 3.71. The molecule has 0 bridgehead atoms. The van der Waals surface area contributed by atoms with Crippen LogP contribution in [0.3, 0.4) is 0 Å². The van der Waals surface area contributed by atoms with Crippen molar-refractivity contribution in [2.45, 2.75) is 6.43 Å². The van der Waals surface area contributed by atoms with Crippen molar-refractivity contribution in [3.05, 3.63) is 29.8 Å². The Balaban J connectivity index is 1.98. The molecule has 1 saturated heterocycles. The normalized spacial score (nSPS) is 16.6. The van der Waals surface area contributed by atoms with Crippen LogP contribution in [0.4, 0.5) is 14.5 Å². The molecule has 0 unspecified atom stereocenters. The van der Waals surface area contributed by atoms with Crippen molar-refractivity contribution < 1.29 is 13.6 Å². The Bertz CT molecular complexity index is 344. The zero-order valence-corrected chi connectivity index (χ0v) is 8.07. The van der Waals surface area contributed by atoms with Crippen LogP contribution in [0.15, 0.2) is 24.3 Å². The first-order valence-corrected chi connectivity index (χ1v) is 4.79. The molecular formula is C11H11F2NO. The lowest BCUT2D eigenvalue weighted by Gasteiger charge is -2.40. The van der Waals surface area contributed by atoms with E-state index in [1.54, 1.807) is 24.3 Å². The van der Waals surface area contributed by atoms with Gasteiger partial charge in [-0.25, -0.2) is 8.78 Å². The number of carbonyl (C=O) groups is 1. The van der Waals surface area contributed by atoms with Gasteiger partial charge in [0.15, 0.2) is 0 Å². The molecule has 0 radical (unpaired) electrons. The summed E-state index contributed by atoms with van der Waals surface area (Å²) in [5.41, 5.74) is 1.50. The topological polar surface area (TPSA) is 20.3 Å². The van der Waals surface area contributed by atoms with E-state index < -0.39 is 12.3 Å². The van der Waals surface area contributed by atoms with Crippen molar-refractivity contribution in [2.24, 2.45) is 5.92 Å². The minimum Gasteiger partial charge on any atom is -0.370 e. The number of alkyl halides is 2. The number of carbonyl (C=O) groups excluding carboxylic acids is 1. The second-order valence-corrected chi connectivity index (χ2v) is 3.71. The van der Waals surface area contributed by atoms with Crippen LogP contribution >= 0.6 is 0 Å². The van der Waals surface area contributed by atoms with Gasteiger partial charge >= 0.3 is 0 Å². The van der Waals surface area contributed by atoms with Gasteiger partial charge in [0.2, 0.25) is 6.43 Å². The van der Waals surface area contributed by atoms with E-state index in [-0.39, 0.29) is 0 Å². The minimum atomic E-state index is -2.23. The molecule has 4 heteroatoms. The fraction of sp³-hybridized carbons (Fsp3) is 0.364. The maximum Gasteiger partial charge on any atom is 0.244 e. The third-order valence-electron chi connectivity index (χ3n) is 2.66. The summed E-state index contributed by atoms with van der Waals surface area (Å²) >= 11 is 0. The fourth-order valence-corrected chi connectivity index (χ4v) is 1.65. The Morgan fingerprint density at radius 1 is 1.27 bits per heavy atom. The van der Waals surface area contributed by atoms with E-state index in [1.807, 2.05) is 4.90 Å². The highest BCUT2D eigenvalue weighted by Crippen LogP contribution is 2.28. The quantitative estimate of drug-likeness (QED) is 0.714. The van der Waals surface area contributed by atoms with Crippen molar-refractivity contribution in [1.82, 2.24) is 0 Å². The molecule has 2 nitrogen and oxygen atoms in total. The first-order chi connectivity index (χ1) is 7.20. The zero-order valence-electron chi connectivity index (χ0n) is 8.07. The molecule has 0 aliphatic carbocycles. The van der Waals surface area contributed by atoms with E-state index in [0.717, 1.165) is 12.0 Å². The molecule has 0 atom stereocenters. The standard InChI is InChI=1S/C11H11F2NO/c12-11(13)9-5-14(6-9)10-3-1-8(7-15)2-4-10/h1-4,7,9,11H,5-6H2. The van der Waals surface area contributed by atoms with Crippen LogP contribution in [-0.2, 0) is 0 Å². The van der Waals surface area contributed by atoms with E-state index in [9.17, 15) is 13.6 Å². The average Bonchev–Trinajstić information content (AvgIpc) is 2.16. The fourth-order valence-electron chi connectivity index (χ4n) is 1.65. The van der Waals surface area contributed by atoms with Crippen LogP contribution in [0.25, 0.3) is 0 Å². The molecular weight excluding hydrogens is 200 g/mol. The number of rotatable bonds is 3. The molecule has 0 saturated carbocycles. The number of hydrogen-bond donors (Lipinski definition) is 0. The van der Waals surface area contributed by atoms with Gasteiger partial charge in [0.25, 0.3) is 0 Å². The van der Waals surface area contributed by atoms with Crippen LogP contribution < -0.4 is 4.90 Å². The van der Waals surface area contributed by atoms with E-state index >= 15 is 0 Å². The summed E-state index contributed by atoms with van der Waals surface area (Å²) in [4.78, 5) is 12.3. The summed E-state index contributed by atoms with van der Waals surface area (Å²) in [5, 5.41) is 0. The van der Waals surface area contributed by atoms with Crippen LogP contribution in [0, 0.1) is 5.92 Å². The lowest BCUT2D eigenvalue weighted by molar-refractivity contribution is 0.0614. The van der Waals surface area contributed by atoms with Crippen molar-refractivity contribution in [1.29, 1.82) is 0 Å². The SMILES string of the molecule is O=Cc1ccc(N2CC(C(F)F)C2)cc1. The number of nitrogens with zero attached hydrogens (tertiary/aromatic N) is 1. The molecule has 0 aromatic heterocycles. The number of halogens is 2. The number of benzene rings is 1. The molecule has 80 valence electrons. The van der Waals surface area contributed by atoms with Crippen molar-refractivity contribution in [3.63, 3.8) is 0 Å². The highest BCUT2D eigenvalue weighted by atomic mass is 19.3. The third-order valence-corrected chi connectivity index (χ3v) is 2.66. The van der Waals surface area contributed by atoms with Crippen LogP contribution in [0.5, 0.6) is 0 Å². The van der Waals surface area contributed by atoms with E-state index in [0.29, 0.717) is 18.7 Å². The maximum atomic E-state index is 12.2. The Morgan fingerprint density at radius 3 is 2.33 bits per heavy atom. The number of aldehydes is 1. The summed E-state index contributed by atoms with van der Waals surface area (Å²) in [6.07, 6.45) is -1.46. The van der Waals surface area contributed by atoms with Crippen molar-refractivity contribution in [2.75, 3.05) is 18.0 Å². The van der Waals surface area contributed by atoms with Crippen LogP contribution in [0.1, 0.15) is 10.4 Å². The summed E-state index contributed by atoms with van der Waals surface area (Å²) in [6, 6.07) is 6.95. The zero-order chi connectivity index (χ0) is 10.8. The molecule has 1 aliphatic rings.